The number of nitrogens with zero attached hydrogens (tertiary/aromatic N) is 5. The summed E-state index contributed by atoms with van der Waals surface area (Å²) in [5, 5.41) is 0. The minimum atomic E-state index is -1.67. The summed E-state index contributed by atoms with van der Waals surface area (Å²) in [6.07, 6.45) is 0.674. The van der Waals surface area contributed by atoms with Crippen LogP contribution in [0, 0.1) is 0 Å². The Balaban J connectivity index is 1.75. The minimum absolute atomic E-state index is 0.168. The number of alkyl halides is 3. The maximum Gasteiger partial charge on any atom is 0.250 e. The number of anilines is 1. The van der Waals surface area contributed by atoms with Crippen molar-refractivity contribution in [3.8, 4) is 0 Å². The van der Waals surface area contributed by atoms with Crippen LogP contribution in [0.1, 0.15) is 11.6 Å². The Morgan fingerprint density at radius 3 is 2.12 bits per heavy atom. The van der Waals surface area contributed by atoms with Gasteiger partial charge in [0, 0.05) is 39.1 Å². The lowest BCUT2D eigenvalue weighted by molar-refractivity contribution is 0.0382. The molecule has 0 amide bonds. The van der Waals surface area contributed by atoms with E-state index in [1.54, 1.807) is 0 Å². The fraction of sp³-hybridized carbons (Fsp3) is 0.786. The lowest BCUT2D eigenvalue weighted by Crippen LogP contribution is -2.39. The van der Waals surface area contributed by atoms with Crippen LogP contribution in [0.3, 0.4) is 0 Å². The van der Waals surface area contributed by atoms with Gasteiger partial charge in [-0.1, -0.05) is 34.8 Å². The maximum absolute atomic E-state index is 6.00. The van der Waals surface area contributed by atoms with Crippen LogP contribution < -0.4 is 4.90 Å². The molecule has 3 heterocycles. The lowest BCUT2D eigenvalue weighted by Gasteiger charge is -2.28. The monoisotopic (exact) mass is 395 g/mol. The zero-order chi connectivity index (χ0) is 17.0. The topological polar surface area (TPSA) is 63.6 Å². The first-order valence-corrected chi connectivity index (χ1v) is 9.11. The average Bonchev–Trinajstić information content (AvgIpc) is 2.61. The van der Waals surface area contributed by atoms with Crippen molar-refractivity contribution in [1.82, 2.24) is 19.9 Å². The molecule has 0 spiro atoms. The normalized spacial score (nSPS) is 20.4. The molecule has 2 saturated heterocycles. The molecule has 0 unspecified atom stereocenters. The van der Waals surface area contributed by atoms with E-state index < -0.39 is 3.79 Å². The molecule has 24 heavy (non-hydrogen) atoms. The lowest BCUT2D eigenvalue weighted by atomic mass is 10.3. The van der Waals surface area contributed by atoms with E-state index in [4.69, 9.17) is 44.3 Å². The molecule has 1 aromatic rings. The van der Waals surface area contributed by atoms with Gasteiger partial charge in [0.1, 0.15) is 5.82 Å². The maximum atomic E-state index is 6.00. The summed E-state index contributed by atoms with van der Waals surface area (Å²) in [7, 11) is 0. The molecule has 0 atom stereocenters. The molecular formula is C14H20Cl3N5O2. The molecular weight excluding hydrogens is 377 g/mol. The summed E-state index contributed by atoms with van der Waals surface area (Å²) in [4.78, 5) is 17.6. The Bertz CT molecular complexity index is 546. The van der Waals surface area contributed by atoms with Gasteiger partial charge in [-0.2, -0.15) is 9.97 Å². The second-order valence-corrected chi connectivity index (χ2v) is 7.96. The number of morpholine rings is 2. The van der Waals surface area contributed by atoms with Crippen LogP contribution in [-0.4, -0.2) is 79.0 Å². The summed E-state index contributed by atoms with van der Waals surface area (Å²) in [6, 6.07) is 0. The van der Waals surface area contributed by atoms with Gasteiger partial charge >= 0.3 is 0 Å². The largest absolute Gasteiger partial charge is 0.379 e. The molecule has 2 aliphatic heterocycles. The van der Waals surface area contributed by atoms with E-state index in [0.717, 1.165) is 32.8 Å². The van der Waals surface area contributed by atoms with Crippen molar-refractivity contribution in [3.05, 3.63) is 11.6 Å². The fourth-order valence-electron chi connectivity index (χ4n) is 2.63. The van der Waals surface area contributed by atoms with Gasteiger partial charge in [0.15, 0.2) is 5.82 Å². The summed E-state index contributed by atoms with van der Waals surface area (Å²) < 4.78 is 9.06. The van der Waals surface area contributed by atoms with Gasteiger partial charge in [-0.05, 0) is 0 Å². The Kier molecular flexibility index (Phi) is 6.34. The molecule has 134 valence electrons. The first-order valence-electron chi connectivity index (χ1n) is 7.97. The number of hydrogen-bond acceptors (Lipinski definition) is 7. The van der Waals surface area contributed by atoms with E-state index in [9.17, 15) is 0 Å². The highest BCUT2D eigenvalue weighted by Crippen LogP contribution is 2.36. The van der Waals surface area contributed by atoms with Crippen molar-refractivity contribution in [2.45, 2.75) is 10.2 Å². The van der Waals surface area contributed by atoms with Crippen LogP contribution >= 0.6 is 34.8 Å². The summed E-state index contributed by atoms with van der Waals surface area (Å²) in [6.45, 7) is 6.89. The quantitative estimate of drug-likeness (QED) is 0.713. The van der Waals surface area contributed by atoms with Crippen LogP contribution in [0.15, 0.2) is 0 Å². The Morgan fingerprint density at radius 2 is 1.50 bits per heavy atom. The Labute approximate surface area is 156 Å². The van der Waals surface area contributed by atoms with Crippen molar-refractivity contribution in [1.29, 1.82) is 0 Å². The summed E-state index contributed by atoms with van der Waals surface area (Å²) in [5.74, 6) is 1.35. The molecule has 10 heteroatoms. The second kappa shape index (κ2) is 8.29. The van der Waals surface area contributed by atoms with E-state index in [-0.39, 0.29) is 5.82 Å². The molecule has 3 rings (SSSR count). The molecule has 0 radical (unpaired) electrons. The van der Waals surface area contributed by atoms with E-state index in [1.165, 1.54) is 0 Å². The fourth-order valence-corrected chi connectivity index (χ4v) is 2.89. The van der Waals surface area contributed by atoms with Gasteiger partial charge in [0.2, 0.25) is 9.74 Å². The van der Waals surface area contributed by atoms with E-state index in [1.807, 2.05) is 4.90 Å². The first-order chi connectivity index (χ1) is 11.5. The van der Waals surface area contributed by atoms with Gasteiger partial charge < -0.3 is 14.4 Å². The van der Waals surface area contributed by atoms with Crippen LogP contribution in [0.5, 0.6) is 0 Å². The summed E-state index contributed by atoms with van der Waals surface area (Å²) in [5.41, 5.74) is 0. The molecule has 2 fully saturated rings. The molecule has 1 aromatic heterocycles. The highest BCUT2D eigenvalue weighted by Gasteiger charge is 2.29. The van der Waals surface area contributed by atoms with Crippen molar-refractivity contribution in [2.75, 3.05) is 64.1 Å². The Hall–Kier alpha value is -0.440. The number of halogens is 3. The highest BCUT2D eigenvalue weighted by molar-refractivity contribution is 6.66. The zero-order valence-electron chi connectivity index (χ0n) is 13.3. The molecule has 0 saturated carbocycles. The first kappa shape index (κ1) is 18.4. The van der Waals surface area contributed by atoms with Crippen molar-refractivity contribution >= 4 is 40.8 Å². The average molecular weight is 397 g/mol. The SMILES string of the molecule is ClC(Cl)(Cl)c1nc(CCN2CCOCC2)nc(N2CCOCC2)n1. The third kappa shape index (κ3) is 5.03. The molecule has 2 aliphatic rings. The molecule has 0 bridgehead atoms. The highest BCUT2D eigenvalue weighted by atomic mass is 35.6. The van der Waals surface area contributed by atoms with Crippen LogP contribution in [0.25, 0.3) is 0 Å². The number of ether oxygens (including phenoxy) is 2. The molecule has 7 nitrogen and oxygen atoms in total. The van der Waals surface area contributed by atoms with Gasteiger partial charge in [-0.3, -0.25) is 4.90 Å². The van der Waals surface area contributed by atoms with Gasteiger partial charge in [0.05, 0.1) is 26.4 Å². The number of aromatic nitrogens is 3. The smallest absolute Gasteiger partial charge is 0.250 e. The van der Waals surface area contributed by atoms with Gasteiger partial charge in [-0.15, -0.1) is 0 Å². The van der Waals surface area contributed by atoms with E-state index in [0.29, 0.717) is 44.5 Å². The van der Waals surface area contributed by atoms with Crippen LogP contribution in [-0.2, 0) is 19.7 Å². The predicted molar refractivity (Wildman–Crippen MR) is 93.1 cm³/mol. The van der Waals surface area contributed by atoms with Crippen molar-refractivity contribution < 1.29 is 9.47 Å². The van der Waals surface area contributed by atoms with E-state index in [2.05, 4.69) is 19.9 Å². The second-order valence-electron chi connectivity index (χ2n) is 5.68. The molecule has 0 aromatic carbocycles. The third-order valence-corrected chi connectivity index (χ3v) is 4.48. The zero-order valence-corrected chi connectivity index (χ0v) is 15.5. The molecule has 0 N–H and O–H groups in total. The summed E-state index contributed by atoms with van der Waals surface area (Å²) >= 11 is 18.0. The van der Waals surface area contributed by atoms with Crippen LogP contribution in [0.4, 0.5) is 5.95 Å². The molecule has 0 aliphatic carbocycles. The van der Waals surface area contributed by atoms with Gasteiger partial charge in [-0.25, -0.2) is 4.98 Å². The van der Waals surface area contributed by atoms with E-state index >= 15 is 0 Å². The minimum Gasteiger partial charge on any atom is -0.379 e. The third-order valence-electron chi connectivity index (χ3n) is 3.97. The van der Waals surface area contributed by atoms with Crippen molar-refractivity contribution in [3.63, 3.8) is 0 Å². The van der Waals surface area contributed by atoms with Crippen molar-refractivity contribution in [2.24, 2.45) is 0 Å². The Morgan fingerprint density at radius 1 is 0.875 bits per heavy atom. The van der Waals surface area contributed by atoms with Crippen LogP contribution in [0.2, 0.25) is 0 Å². The standard InChI is InChI=1S/C14H20Cl3N5O2/c15-14(16,17)12-18-11(1-2-21-3-7-23-8-4-21)19-13(20-12)22-5-9-24-10-6-22/h1-10H2. The van der Waals surface area contributed by atoms with Gasteiger partial charge in [0.25, 0.3) is 0 Å². The number of hydrogen-bond donors (Lipinski definition) is 0. The predicted octanol–water partition coefficient (Wildman–Crippen LogP) is 1.41. The number of rotatable bonds is 4.